The summed E-state index contributed by atoms with van der Waals surface area (Å²) in [5.74, 6) is 0.348. The molecule has 1 rings (SSSR count). The molecule has 0 atom stereocenters. The van der Waals surface area contributed by atoms with Gasteiger partial charge in [0, 0.05) is 19.0 Å². The fourth-order valence-corrected chi connectivity index (χ4v) is 0.948. The Balaban J connectivity index is 2.34. The third-order valence-electron chi connectivity index (χ3n) is 1.68. The van der Waals surface area contributed by atoms with Crippen LogP contribution in [0.1, 0.15) is 12.1 Å². The van der Waals surface area contributed by atoms with Gasteiger partial charge in [-0.15, -0.1) is 0 Å². The van der Waals surface area contributed by atoms with E-state index in [1.807, 2.05) is 19.0 Å². The summed E-state index contributed by atoms with van der Waals surface area (Å²) in [6.07, 6.45) is 0.451. The van der Waals surface area contributed by atoms with E-state index >= 15 is 0 Å². The molecule has 0 spiro atoms. The van der Waals surface area contributed by atoms with E-state index in [1.165, 1.54) is 0 Å². The van der Waals surface area contributed by atoms with Crippen LogP contribution in [0.2, 0.25) is 0 Å². The SMILES string of the molecule is Cc1cc(NC(=O)CCN(C)C)on1. The lowest BCUT2D eigenvalue weighted by atomic mass is 10.4. The van der Waals surface area contributed by atoms with Crippen LogP contribution in [0.3, 0.4) is 0 Å². The predicted octanol–water partition coefficient (Wildman–Crippen LogP) is 0.873. The standard InChI is InChI=1S/C9H15N3O2/c1-7-6-9(14-11-7)10-8(13)4-5-12(2)3/h6H,4-5H2,1-3H3,(H,10,13). The van der Waals surface area contributed by atoms with E-state index in [4.69, 9.17) is 4.52 Å². The largest absolute Gasteiger partial charge is 0.338 e. The Bertz CT molecular complexity index is 307. The highest BCUT2D eigenvalue weighted by Gasteiger charge is 2.06. The molecule has 0 aliphatic heterocycles. The van der Waals surface area contributed by atoms with Crippen LogP contribution in [0.25, 0.3) is 0 Å². The topological polar surface area (TPSA) is 58.4 Å². The van der Waals surface area contributed by atoms with Gasteiger partial charge >= 0.3 is 0 Å². The number of amides is 1. The number of nitrogens with zero attached hydrogens (tertiary/aromatic N) is 2. The zero-order chi connectivity index (χ0) is 10.6. The van der Waals surface area contributed by atoms with Gasteiger partial charge in [0.15, 0.2) is 0 Å². The van der Waals surface area contributed by atoms with E-state index in [2.05, 4.69) is 10.5 Å². The van der Waals surface area contributed by atoms with Crippen LogP contribution in [-0.4, -0.2) is 36.6 Å². The Morgan fingerprint density at radius 3 is 2.86 bits per heavy atom. The minimum atomic E-state index is -0.0603. The second-order valence-corrected chi connectivity index (χ2v) is 3.43. The minimum absolute atomic E-state index is 0.0603. The molecule has 1 amide bonds. The van der Waals surface area contributed by atoms with Crippen LogP contribution in [0, 0.1) is 6.92 Å². The average molecular weight is 197 g/mol. The van der Waals surface area contributed by atoms with Crippen molar-refractivity contribution in [3.05, 3.63) is 11.8 Å². The van der Waals surface area contributed by atoms with Crippen molar-refractivity contribution in [3.63, 3.8) is 0 Å². The molecular weight excluding hydrogens is 182 g/mol. The van der Waals surface area contributed by atoms with E-state index in [9.17, 15) is 4.79 Å². The summed E-state index contributed by atoms with van der Waals surface area (Å²) in [7, 11) is 3.84. The van der Waals surface area contributed by atoms with Crippen LogP contribution in [-0.2, 0) is 4.79 Å². The zero-order valence-corrected chi connectivity index (χ0v) is 8.70. The first-order valence-corrected chi connectivity index (χ1v) is 4.46. The van der Waals surface area contributed by atoms with Crippen molar-refractivity contribution in [1.82, 2.24) is 10.1 Å². The normalized spacial score (nSPS) is 10.6. The molecule has 5 heteroatoms. The fourth-order valence-electron chi connectivity index (χ4n) is 0.948. The second-order valence-electron chi connectivity index (χ2n) is 3.43. The van der Waals surface area contributed by atoms with Gasteiger partial charge in [0.2, 0.25) is 11.8 Å². The molecule has 0 fully saturated rings. The van der Waals surface area contributed by atoms with Gasteiger partial charge in [0.1, 0.15) is 0 Å². The van der Waals surface area contributed by atoms with Gasteiger partial charge in [-0.25, -0.2) is 0 Å². The van der Waals surface area contributed by atoms with E-state index in [1.54, 1.807) is 13.0 Å². The van der Waals surface area contributed by atoms with Crippen LogP contribution >= 0.6 is 0 Å². The van der Waals surface area contributed by atoms with Crippen molar-refractivity contribution in [2.45, 2.75) is 13.3 Å². The lowest BCUT2D eigenvalue weighted by Crippen LogP contribution is -2.20. The summed E-state index contributed by atoms with van der Waals surface area (Å²) in [6, 6.07) is 1.69. The fraction of sp³-hybridized carbons (Fsp3) is 0.556. The maximum atomic E-state index is 11.3. The van der Waals surface area contributed by atoms with Gasteiger partial charge in [0.05, 0.1) is 5.69 Å². The lowest BCUT2D eigenvalue weighted by Gasteiger charge is -2.07. The third kappa shape index (κ3) is 3.57. The second kappa shape index (κ2) is 4.76. The van der Waals surface area contributed by atoms with Gasteiger partial charge in [0.25, 0.3) is 0 Å². The molecule has 1 aromatic rings. The Labute approximate surface area is 83.1 Å². The number of hydrogen-bond acceptors (Lipinski definition) is 4. The van der Waals surface area contributed by atoms with Crippen molar-refractivity contribution < 1.29 is 9.32 Å². The summed E-state index contributed by atoms with van der Waals surface area (Å²) < 4.78 is 4.85. The maximum Gasteiger partial charge on any atom is 0.231 e. The summed E-state index contributed by atoms with van der Waals surface area (Å²) in [4.78, 5) is 13.3. The maximum absolute atomic E-state index is 11.3. The molecule has 78 valence electrons. The minimum Gasteiger partial charge on any atom is -0.338 e. The van der Waals surface area contributed by atoms with Crippen LogP contribution in [0.15, 0.2) is 10.6 Å². The van der Waals surface area contributed by atoms with Crippen LogP contribution in [0.4, 0.5) is 5.88 Å². The van der Waals surface area contributed by atoms with E-state index < -0.39 is 0 Å². The molecule has 0 unspecified atom stereocenters. The van der Waals surface area contributed by atoms with Gasteiger partial charge in [-0.3, -0.25) is 10.1 Å². The van der Waals surface area contributed by atoms with E-state index in [-0.39, 0.29) is 5.91 Å². The Hall–Kier alpha value is -1.36. The number of nitrogens with one attached hydrogen (secondary N) is 1. The Kier molecular flexibility index (Phi) is 3.64. The monoisotopic (exact) mass is 197 g/mol. The van der Waals surface area contributed by atoms with Crippen molar-refractivity contribution in [1.29, 1.82) is 0 Å². The van der Waals surface area contributed by atoms with Crippen molar-refractivity contribution in [2.75, 3.05) is 26.0 Å². The van der Waals surface area contributed by atoms with Gasteiger partial charge < -0.3 is 9.42 Å². The first-order valence-electron chi connectivity index (χ1n) is 4.46. The molecule has 1 aromatic heterocycles. The number of anilines is 1. The molecule has 0 aliphatic rings. The van der Waals surface area contributed by atoms with Gasteiger partial charge in [-0.1, -0.05) is 5.16 Å². The number of aryl methyl sites for hydroxylation is 1. The third-order valence-corrected chi connectivity index (χ3v) is 1.68. The van der Waals surface area contributed by atoms with Crippen molar-refractivity contribution in [3.8, 4) is 0 Å². The van der Waals surface area contributed by atoms with Crippen molar-refractivity contribution in [2.24, 2.45) is 0 Å². The summed E-state index contributed by atoms with van der Waals surface area (Å²) in [5, 5.41) is 6.29. The molecule has 0 saturated heterocycles. The van der Waals surface area contributed by atoms with Crippen LogP contribution < -0.4 is 5.32 Å². The average Bonchev–Trinajstić information content (AvgIpc) is 2.48. The molecule has 5 nitrogen and oxygen atoms in total. The summed E-state index contributed by atoms with van der Waals surface area (Å²) in [6.45, 7) is 2.53. The van der Waals surface area contributed by atoms with Crippen LogP contribution in [0.5, 0.6) is 0 Å². The van der Waals surface area contributed by atoms with E-state index in [0.717, 1.165) is 12.2 Å². The highest BCUT2D eigenvalue weighted by molar-refractivity contribution is 5.89. The molecule has 0 radical (unpaired) electrons. The Morgan fingerprint density at radius 2 is 2.36 bits per heavy atom. The highest BCUT2D eigenvalue weighted by Crippen LogP contribution is 2.08. The zero-order valence-electron chi connectivity index (χ0n) is 8.70. The summed E-state index contributed by atoms with van der Waals surface area (Å²) in [5.41, 5.74) is 0.757. The molecule has 0 aliphatic carbocycles. The molecular formula is C9H15N3O2. The highest BCUT2D eigenvalue weighted by atomic mass is 16.5. The molecule has 1 heterocycles. The molecule has 0 saturated carbocycles. The number of aromatic nitrogens is 1. The van der Waals surface area contributed by atoms with Crippen molar-refractivity contribution >= 4 is 11.8 Å². The Morgan fingerprint density at radius 1 is 1.64 bits per heavy atom. The van der Waals surface area contributed by atoms with Gasteiger partial charge in [-0.2, -0.15) is 0 Å². The lowest BCUT2D eigenvalue weighted by molar-refractivity contribution is -0.116. The van der Waals surface area contributed by atoms with Gasteiger partial charge in [-0.05, 0) is 21.0 Å². The number of carbonyl (C=O) groups is 1. The smallest absolute Gasteiger partial charge is 0.231 e. The first-order chi connectivity index (χ1) is 6.58. The molecule has 0 aromatic carbocycles. The predicted molar refractivity (Wildman–Crippen MR) is 53.0 cm³/mol. The quantitative estimate of drug-likeness (QED) is 0.778. The first kappa shape index (κ1) is 10.7. The number of carbonyl (C=O) groups excluding carboxylic acids is 1. The summed E-state index contributed by atoms with van der Waals surface area (Å²) >= 11 is 0. The van der Waals surface area contributed by atoms with E-state index in [0.29, 0.717) is 12.3 Å². The molecule has 0 bridgehead atoms. The molecule has 14 heavy (non-hydrogen) atoms. The molecule has 1 N–H and O–H groups in total. The number of rotatable bonds is 4. The number of hydrogen-bond donors (Lipinski definition) is 1.